The van der Waals surface area contributed by atoms with E-state index in [4.69, 9.17) is 9.84 Å². The number of amides is 1. The van der Waals surface area contributed by atoms with Gasteiger partial charge >= 0.3 is 0 Å². The van der Waals surface area contributed by atoms with Crippen molar-refractivity contribution in [1.29, 1.82) is 0 Å². The van der Waals surface area contributed by atoms with Gasteiger partial charge in [-0.3, -0.25) is 4.79 Å². The Morgan fingerprint density at radius 1 is 1.50 bits per heavy atom. The molecule has 1 N–H and O–H groups in total. The minimum absolute atomic E-state index is 0.0738. The monoisotopic (exact) mass is 315 g/mol. The van der Waals surface area contributed by atoms with Gasteiger partial charge in [-0.25, -0.2) is 0 Å². The van der Waals surface area contributed by atoms with Crippen LogP contribution in [0.1, 0.15) is 23.7 Å². The predicted molar refractivity (Wildman–Crippen MR) is 74.0 cm³/mol. The zero-order chi connectivity index (χ0) is 13.5. The quantitative estimate of drug-likeness (QED) is 0.876. The Bertz CT molecular complexity index is 409. The molecule has 0 unspecified atom stereocenters. The Hall–Kier alpha value is -1.07. The van der Waals surface area contributed by atoms with Crippen LogP contribution in [0.3, 0.4) is 0 Å². The van der Waals surface area contributed by atoms with Gasteiger partial charge in [-0.2, -0.15) is 0 Å². The van der Waals surface area contributed by atoms with Crippen LogP contribution in [0.15, 0.2) is 22.7 Å². The van der Waals surface area contributed by atoms with E-state index >= 15 is 0 Å². The highest BCUT2D eigenvalue weighted by molar-refractivity contribution is 9.10. The van der Waals surface area contributed by atoms with Crippen molar-refractivity contribution in [2.24, 2.45) is 0 Å². The van der Waals surface area contributed by atoms with E-state index in [-0.39, 0.29) is 12.5 Å². The van der Waals surface area contributed by atoms with Gasteiger partial charge in [0.15, 0.2) is 0 Å². The zero-order valence-electron chi connectivity index (χ0n) is 10.6. The number of rotatable bonds is 6. The van der Waals surface area contributed by atoms with E-state index < -0.39 is 0 Å². The van der Waals surface area contributed by atoms with E-state index in [1.807, 2.05) is 13.0 Å². The van der Waals surface area contributed by atoms with E-state index in [2.05, 4.69) is 15.9 Å². The fraction of sp³-hybridized carbons (Fsp3) is 0.462. The second-order valence-corrected chi connectivity index (χ2v) is 4.72. The van der Waals surface area contributed by atoms with Gasteiger partial charge in [0, 0.05) is 24.2 Å². The molecular weight excluding hydrogens is 298 g/mol. The van der Waals surface area contributed by atoms with Crippen LogP contribution in [0.4, 0.5) is 0 Å². The molecule has 0 atom stereocenters. The molecule has 0 heterocycles. The molecule has 0 aliphatic carbocycles. The molecule has 0 aliphatic heterocycles. The number of aliphatic hydroxyl groups excluding tert-OH is 1. The molecule has 0 saturated heterocycles. The largest absolute Gasteiger partial charge is 0.496 e. The SMILES string of the molecule is CCN(CCCO)C(=O)c1ccc(Br)cc1OC. The van der Waals surface area contributed by atoms with E-state index in [0.717, 1.165) is 4.47 Å². The average Bonchev–Trinajstić information content (AvgIpc) is 2.39. The highest BCUT2D eigenvalue weighted by Crippen LogP contribution is 2.24. The maximum absolute atomic E-state index is 12.3. The molecule has 1 aromatic rings. The zero-order valence-corrected chi connectivity index (χ0v) is 12.2. The molecule has 0 spiro atoms. The minimum atomic E-state index is -0.0738. The number of nitrogens with zero attached hydrogens (tertiary/aromatic N) is 1. The highest BCUT2D eigenvalue weighted by Gasteiger charge is 2.18. The van der Waals surface area contributed by atoms with Gasteiger partial charge in [-0.05, 0) is 31.5 Å². The van der Waals surface area contributed by atoms with Crippen LogP contribution in [-0.4, -0.2) is 42.7 Å². The Morgan fingerprint density at radius 3 is 2.78 bits per heavy atom. The minimum Gasteiger partial charge on any atom is -0.496 e. The number of ether oxygens (including phenoxy) is 1. The van der Waals surface area contributed by atoms with Crippen molar-refractivity contribution in [1.82, 2.24) is 4.90 Å². The van der Waals surface area contributed by atoms with Crippen LogP contribution in [0.5, 0.6) is 5.75 Å². The molecule has 18 heavy (non-hydrogen) atoms. The van der Waals surface area contributed by atoms with Crippen molar-refractivity contribution in [3.05, 3.63) is 28.2 Å². The lowest BCUT2D eigenvalue weighted by Gasteiger charge is -2.21. The Morgan fingerprint density at radius 2 is 2.22 bits per heavy atom. The van der Waals surface area contributed by atoms with E-state index in [1.165, 1.54) is 0 Å². The summed E-state index contributed by atoms with van der Waals surface area (Å²) in [6, 6.07) is 5.33. The Kier molecular flexibility index (Phi) is 6.15. The van der Waals surface area contributed by atoms with E-state index in [9.17, 15) is 4.79 Å². The molecule has 4 nitrogen and oxygen atoms in total. The predicted octanol–water partition coefficient (Wildman–Crippen LogP) is 2.30. The highest BCUT2D eigenvalue weighted by atomic mass is 79.9. The summed E-state index contributed by atoms with van der Waals surface area (Å²) in [6.07, 6.45) is 0.582. The number of carbonyl (C=O) groups excluding carboxylic acids is 1. The van der Waals surface area contributed by atoms with E-state index in [0.29, 0.717) is 30.8 Å². The number of hydrogen-bond acceptors (Lipinski definition) is 3. The number of halogens is 1. The summed E-state index contributed by atoms with van der Waals surface area (Å²) in [4.78, 5) is 14.0. The smallest absolute Gasteiger partial charge is 0.257 e. The summed E-state index contributed by atoms with van der Waals surface area (Å²) in [5.74, 6) is 0.479. The molecule has 5 heteroatoms. The second-order valence-electron chi connectivity index (χ2n) is 3.81. The van der Waals surface area contributed by atoms with Crippen LogP contribution < -0.4 is 4.74 Å². The maximum Gasteiger partial charge on any atom is 0.257 e. The lowest BCUT2D eigenvalue weighted by atomic mass is 10.1. The van der Waals surface area contributed by atoms with E-state index in [1.54, 1.807) is 24.1 Å². The van der Waals surface area contributed by atoms with Crippen molar-refractivity contribution >= 4 is 21.8 Å². The lowest BCUT2D eigenvalue weighted by Crippen LogP contribution is -2.32. The van der Waals surface area contributed by atoms with Crippen molar-refractivity contribution in [2.45, 2.75) is 13.3 Å². The molecule has 1 aromatic carbocycles. The first-order valence-corrected chi connectivity index (χ1v) is 6.67. The van der Waals surface area contributed by atoms with Gasteiger partial charge in [0.25, 0.3) is 5.91 Å². The number of hydrogen-bond donors (Lipinski definition) is 1. The van der Waals surface area contributed by atoms with Crippen LogP contribution in [-0.2, 0) is 0 Å². The summed E-state index contributed by atoms with van der Waals surface area (Å²) in [7, 11) is 1.54. The van der Waals surface area contributed by atoms with Gasteiger partial charge < -0.3 is 14.7 Å². The number of benzene rings is 1. The van der Waals surface area contributed by atoms with Crippen LogP contribution in [0, 0.1) is 0 Å². The third-order valence-electron chi connectivity index (χ3n) is 2.65. The van der Waals surface area contributed by atoms with Crippen LogP contribution in [0.25, 0.3) is 0 Å². The second kappa shape index (κ2) is 7.38. The first kappa shape index (κ1) is 15.0. The molecule has 100 valence electrons. The first-order valence-electron chi connectivity index (χ1n) is 5.87. The first-order chi connectivity index (χ1) is 8.63. The number of aliphatic hydroxyl groups is 1. The summed E-state index contributed by atoms with van der Waals surface area (Å²) < 4.78 is 6.09. The van der Waals surface area contributed by atoms with Crippen molar-refractivity contribution < 1.29 is 14.6 Å². The molecule has 0 fully saturated rings. The molecule has 0 radical (unpaired) electrons. The Balaban J connectivity index is 2.93. The molecule has 0 bridgehead atoms. The summed E-state index contributed by atoms with van der Waals surface area (Å²) in [6.45, 7) is 3.16. The fourth-order valence-corrected chi connectivity index (χ4v) is 2.02. The molecule has 0 saturated carbocycles. The summed E-state index contributed by atoms with van der Waals surface area (Å²) >= 11 is 3.34. The number of carbonyl (C=O) groups is 1. The summed E-state index contributed by atoms with van der Waals surface area (Å²) in [5, 5.41) is 8.83. The molecule has 0 aromatic heterocycles. The van der Waals surface area contributed by atoms with Gasteiger partial charge in [-0.15, -0.1) is 0 Å². The van der Waals surface area contributed by atoms with Gasteiger partial charge in [0.2, 0.25) is 0 Å². The third-order valence-corrected chi connectivity index (χ3v) is 3.14. The number of methoxy groups -OCH3 is 1. The summed E-state index contributed by atoms with van der Waals surface area (Å²) in [5.41, 5.74) is 0.542. The van der Waals surface area contributed by atoms with Crippen LogP contribution >= 0.6 is 15.9 Å². The standard InChI is InChI=1S/C13H18BrNO3/c1-3-15(7-4-8-16)13(17)11-6-5-10(14)9-12(11)18-2/h5-6,9,16H,3-4,7-8H2,1-2H3. The van der Waals surface area contributed by atoms with Crippen molar-refractivity contribution in [3.63, 3.8) is 0 Å². The van der Waals surface area contributed by atoms with Crippen LogP contribution in [0.2, 0.25) is 0 Å². The maximum atomic E-state index is 12.3. The lowest BCUT2D eigenvalue weighted by molar-refractivity contribution is 0.0751. The van der Waals surface area contributed by atoms with Gasteiger partial charge in [0.05, 0.1) is 12.7 Å². The van der Waals surface area contributed by atoms with Crippen molar-refractivity contribution in [3.8, 4) is 5.75 Å². The molecular formula is C13H18BrNO3. The molecule has 1 amide bonds. The third kappa shape index (κ3) is 3.71. The fourth-order valence-electron chi connectivity index (χ4n) is 1.68. The van der Waals surface area contributed by atoms with Gasteiger partial charge in [0.1, 0.15) is 5.75 Å². The van der Waals surface area contributed by atoms with Gasteiger partial charge in [-0.1, -0.05) is 15.9 Å². The normalized spacial score (nSPS) is 10.2. The topological polar surface area (TPSA) is 49.8 Å². The average molecular weight is 316 g/mol. The molecule has 1 rings (SSSR count). The Labute approximate surface area is 116 Å². The van der Waals surface area contributed by atoms with Crippen molar-refractivity contribution in [2.75, 3.05) is 26.8 Å². The molecule has 0 aliphatic rings.